The molecule has 5 rings (SSSR count). The molecule has 7 heteroatoms. The van der Waals surface area contributed by atoms with Gasteiger partial charge in [-0.1, -0.05) is 30.3 Å². The number of thiophene rings is 1. The Bertz CT molecular complexity index is 1290. The van der Waals surface area contributed by atoms with Crippen LogP contribution in [-0.4, -0.2) is 31.8 Å². The molecule has 5 aromatic rings. The van der Waals surface area contributed by atoms with E-state index in [9.17, 15) is 0 Å². The third-order valence-corrected chi connectivity index (χ3v) is 5.97. The Labute approximate surface area is 178 Å². The molecule has 0 fully saturated rings. The summed E-state index contributed by atoms with van der Waals surface area (Å²) >= 11 is 1.69. The number of nitrogens with zero attached hydrogens (tertiary/aromatic N) is 6. The van der Waals surface area contributed by atoms with Crippen molar-refractivity contribution in [3.8, 4) is 21.8 Å². The van der Waals surface area contributed by atoms with E-state index in [1.54, 1.807) is 23.7 Å². The Kier molecular flexibility index (Phi) is 4.72. The van der Waals surface area contributed by atoms with Gasteiger partial charge in [0.2, 0.25) is 0 Å². The van der Waals surface area contributed by atoms with Gasteiger partial charge in [0, 0.05) is 55.2 Å². The summed E-state index contributed by atoms with van der Waals surface area (Å²) in [5.74, 6) is 1.59. The van der Waals surface area contributed by atoms with Crippen molar-refractivity contribution in [2.75, 3.05) is 11.9 Å². The monoisotopic (exact) mass is 412 g/mol. The van der Waals surface area contributed by atoms with Crippen molar-refractivity contribution >= 4 is 27.4 Å². The summed E-state index contributed by atoms with van der Waals surface area (Å²) in [7, 11) is 3.99. The van der Waals surface area contributed by atoms with E-state index in [4.69, 9.17) is 9.97 Å². The van der Waals surface area contributed by atoms with E-state index in [2.05, 4.69) is 52.4 Å². The molecular formula is C23H20N6S. The number of rotatable bonds is 5. The van der Waals surface area contributed by atoms with Gasteiger partial charge in [-0.15, -0.1) is 11.3 Å². The molecular weight excluding hydrogens is 392 g/mol. The molecule has 0 aliphatic rings. The molecule has 0 unspecified atom stereocenters. The summed E-state index contributed by atoms with van der Waals surface area (Å²) in [6, 6.07) is 16.5. The van der Waals surface area contributed by atoms with Gasteiger partial charge in [-0.2, -0.15) is 5.10 Å². The lowest BCUT2D eigenvalue weighted by Gasteiger charge is -2.19. The smallest absolute Gasteiger partial charge is 0.164 e. The van der Waals surface area contributed by atoms with E-state index in [-0.39, 0.29) is 0 Å². The molecule has 148 valence electrons. The van der Waals surface area contributed by atoms with Crippen LogP contribution >= 0.6 is 11.3 Å². The highest BCUT2D eigenvalue weighted by Crippen LogP contribution is 2.37. The van der Waals surface area contributed by atoms with Crippen LogP contribution in [-0.2, 0) is 13.6 Å². The number of pyridine rings is 1. The average molecular weight is 413 g/mol. The van der Waals surface area contributed by atoms with Gasteiger partial charge in [-0.3, -0.25) is 9.67 Å². The maximum absolute atomic E-state index is 4.94. The van der Waals surface area contributed by atoms with Crippen molar-refractivity contribution in [3.63, 3.8) is 0 Å². The minimum Gasteiger partial charge on any atom is -0.355 e. The van der Waals surface area contributed by atoms with Gasteiger partial charge < -0.3 is 4.90 Å². The third kappa shape index (κ3) is 3.55. The van der Waals surface area contributed by atoms with E-state index in [1.807, 2.05) is 42.3 Å². The van der Waals surface area contributed by atoms with Crippen LogP contribution in [0.15, 0.2) is 73.3 Å². The molecule has 0 bridgehead atoms. The van der Waals surface area contributed by atoms with Crippen LogP contribution < -0.4 is 4.90 Å². The Balaban J connectivity index is 1.64. The fourth-order valence-electron chi connectivity index (χ4n) is 3.47. The number of hydrogen-bond acceptors (Lipinski definition) is 6. The lowest BCUT2D eigenvalue weighted by Crippen LogP contribution is -2.18. The number of aromatic nitrogens is 5. The molecule has 0 aliphatic heterocycles. The van der Waals surface area contributed by atoms with Gasteiger partial charge >= 0.3 is 0 Å². The van der Waals surface area contributed by atoms with Crippen molar-refractivity contribution in [2.24, 2.45) is 7.05 Å². The highest BCUT2D eigenvalue weighted by atomic mass is 32.1. The Morgan fingerprint density at radius 1 is 1.00 bits per heavy atom. The topological polar surface area (TPSA) is 59.7 Å². The number of fused-ring (bicyclic) bond motifs is 1. The van der Waals surface area contributed by atoms with Gasteiger partial charge in [-0.05, 0) is 23.8 Å². The second-order valence-electron chi connectivity index (χ2n) is 7.19. The van der Waals surface area contributed by atoms with Crippen molar-refractivity contribution in [3.05, 3.63) is 78.9 Å². The van der Waals surface area contributed by atoms with Crippen LogP contribution in [0.2, 0.25) is 0 Å². The first-order chi connectivity index (χ1) is 14.7. The Morgan fingerprint density at radius 2 is 1.83 bits per heavy atom. The van der Waals surface area contributed by atoms with Crippen LogP contribution in [0.1, 0.15) is 5.56 Å². The zero-order chi connectivity index (χ0) is 20.5. The predicted molar refractivity (Wildman–Crippen MR) is 121 cm³/mol. The van der Waals surface area contributed by atoms with E-state index >= 15 is 0 Å². The second-order valence-corrected chi connectivity index (χ2v) is 8.22. The normalized spacial score (nSPS) is 11.1. The average Bonchev–Trinajstić information content (AvgIpc) is 3.40. The van der Waals surface area contributed by atoms with Crippen molar-refractivity contribution < 1.29 is 0 Å². The first-order valence-corrected chi connectivity index (χ1v) is 10.4. The van der Waals surface area contributed by atoms with E-state index in [0.717, 1.165) is 27.2 Å². The molecule has 0 saturated carbocycles. The van der Waals surface area contributed by atoms with Crippen molar-refractivity contribution in [1.82, 2.24) is 24.7 Å². The van der Waals surface area contributed by atoms with Gasteiger partial charge in [0.15, 0.2) is 5.82 Å². The summed E-state index contributed by atoms with van der Waals surface area (Å²) in [6.07, 6.45) is 7.48. The van der Waals surface area contributed by atoms with Gasteiger partial charge in [0.1, 0.15) is 10.6 Å². The lowest BCUT2D eigenvalue weighted by atomic mass is 10.2. The van der Waals surface area contributed by atoms with E-state index in [1.165, 1.54) is 10.4 Å². The zero-order valence-electron chi connectivity index (χ0n) is 16.7. The highest BCUT2D eigenvalue weighted by Gasteiger charge is 2.17. The summed E-state index contributed by atoms with van der Waals surface area (Å²) < 4.78 is 1.82. The molecule has 0 radical (unpaired) electrons. The van der Waals surface area contributed by atoms with Crippen LogP contribution in [0, 0.1) is 0 Å². The number of hydrogen-bond donors (Lipinski definition) is 0. The molecule has 0 aliphatic carbocycles. The van der Waals surface area contributed by atoms with Gasteiger partial charge in [0.05, 0.1) is 11.6 Å². The van der Waals surface area contributed by atoms with Crippen molar-refractivity contribution in [1.29, 1.82) is 0 Å². The Morgan fingerprint density at radius 3 is 2.57 bits per heavy atom. The first kappa shape index (κ1) is 18.4. The number of anilines is 1. The SMILES string of the molecule is CN(Cc1cnn(C)c1)c1nc(-c2cccnc2)nc2sc(-c3ccccc3)cc12. The molecule has 0 atom stereocenters. The molecule has 0 saturated heterocycles. The second kappa shape index (κ2) is 7.68. The number of benzene rings is 1. The fraction of sp³-hybridized carbons (Fsp3) is 0.130. The zero-order valence-corrected chi connectivity index (χ0v) is 17.5. The minimum absolute atomic E-state index is 0.685. The fourth-order valence-corrected chi connectivity index (χ4v) is 4.50. The first-order valence-electron chi connectivity index (χ1n) is 9.63. The predicted octanol–water partition coefficient (Wildman–Crippen LogP) is 4.79. The van der Waals surface area contributed by atoms with Crippen LogP contribution in [0.3, 0.4) is 0 Å². The summed E-state index contributed by atoms with van der Waals surface area (Å²) in [5, 5.41) is 5.34. The summed E-state index contributed by atoms with van der Waals surface area (Å²) in [6.45, 7) is 0.711. The largest absolute Gasteiger partial charge is 0.355 e. The molecule has 30 heavy (non-hydrogen) atoms. The summed E-state index contributed by atoms with van der Waals surface area (Å²) in [4.78, 5) is 18.3. The van der Waals surface area contributed by atoms with Crippen LogP contribution in [0.25, 0.3) is 32.0 Å². The highest BCUT2D eigenvalue weighted by molar-refractivity contribution is 7.22. The maximum atomic E-state index is 4.94. The molecule has 6 nitrogen and oxygen atoms in total. The summed E-state index contributed by atoms with van der Waals surface area (Å²) in [5.41, 5.74) is 3.22. The molecule has 0 N–H and O–H groups in total. The Hall–Kier alpha value is -3.58. The van der Waals surface area contributed by atoms with Crippen molar-refractivity contribution in [2.45, 2.75) is 6.54 Å². The standard InChI is InChI=1S/C23H20N6S/c1-28(14-16-12-25-29(2)15-16)22-19-11-20(17-7-4-3-5-8-17)30-23(19)27-21(26-22)18-9-6-10-24-13-18/h3-13,15H,14H2,1-2H3. The van der Waals surface area contributed by atoms with Gasteiger partial charge in [-0.25, -0.2) is 9.97 Å². The molecule has 4 heterocycles. The van der Waals surface area contributed by atoms with E-state index < -0.39 is 0 Å². The quantitative estimate of drug-likeness (QED) is 0.415. The number of aryl methyl sites for hydroxylation is 1. The van der Waals surface area contributed by atoms with Crippen LogP contribution in [0.4, 0.5) is 5.82 Å². The molecule has 4 aromatic heterocycles. The molecule has 0 spiro atoms. The van der Waals surface area contributed by atoms with E-state index in [0.29, 0.717) is 12.4 Å². The lowest BCUT2D eigenvalue weighted by molar-refractivity contribution is 0.766. The van der Waals surface area contributed by atoms with Crippen LogP contribution in [0.5, 0.6) is 0 Å². The van der Waals surface area contributed by atoms with Gasteiger partial charge in [0.25, 0.3) is 0 Å². The minimum atomic E-state index is 0.685. The third-order valence-electron chi connectivity index (χ3n) is 4.89. The maximum Gasteiger partial charge on any atom is 0.164 e. The molecule has 0 amide bonds. The molecule has 1 aromatic carbocycles.